The summed E-state index contributed by atoms with van der Waals surface area (Å²) in [5, 5.41) is 2.66. The fourth-order valence-corrected chi connectivity index (χ4v) is 2.65. The van der Waals surface area contributed by atoms with Crippen molar-refractivity contribution in [3.63, 3.8) is 0 Å². The van der Waals surface area contributed by atoms with Gasteiger partial charge in [0.2, 0.25) is 5.91 Å². The van der Waals surface area contributed by atoms with Crippen LogP contribution < -0.4 is 16.6 Å². The average Bonchev–Trinajstić information content (AvgIpc) is 2.58. The van der Waals surface area contributed by atoms with E-state index in [1.807, 2.05) is 0 Å². The van der Waals surface area contributed by atoms with Crippen LogP contribution in [0.4, 0.5) is 10.1 Å². The number of H-pyrrole nitrogens is 1. The number of nitrogens with one attached hydrogen (secondary N) is 2. The first kappa shape index (κ1) is 16.9. The van der Waals surface area contributed by atoms with Crippen molar-refractivity contribution >= 4 is 34.1 Å². The fourth-order valence-electron chi connectivity index (χ4n) is 2.47. The minimum atomic E-state index is -1.08. The number of nitrogens with zero attached hydrogens (tertiary/aromatic N) is 1. The van der Waals surface area contributed by atoms with E-state index < -0.39 is 29.0 Å². The summed E-state index contributed by atoms with van der Waals surface area (Å²) >= 11 is 5.67. The number of halogens is 2. The van der Waals surface area contributed by atoms with Gasteiger partial charge in [0, 0.05) is 5.69 Å². The van der Waals surface area contributed by atoms with Gasteiger partial charge in [-0.15, -0.1) is 0 Å². The third kappa shape index (κ3) is 3.18. The van der Waals surface area contributed by atoms with Gasteiger partial charge in [0.1, 0.15) is 11.9 Å². The van der Waals surface area contributed by atoms with Crippen molar-refractivity contribution < 1.29 is 9.18 Å². The van der Waals surface area contributed by atoms with Gasteiger partial charge in [0.25, 0.3) is 5.56 Å². The number of amides is 1. The van der Waals surface area contributed by atoms with Gasteiger partial charge in [-0.3, -0.25) is 9.59 Å². The summed E-state index contributed by atoms with van der Waals surface area (Å²) in [5.41, 5.74) is -0.609. The molecule has 2 aromatic carbocycles. The Kier molecular flexibility index (Phi) is 4.41. The Morgan fingerprint density at radius 2 is 1.96 bits per heavy atom. The largest absolute Gasteiger partial charge is 0.329 e. The minimum Gasteiger partial charge on any atom is -0.324 e. The van der Waals surface area contributed by atoms with Crippen molar-refractivity contribution in [2.24, 2.45) is 0 Å². The maximum atomic E-state index is 13.2. The van der Waals surface area contributed by atoms with E-state index in [0.29, 0.717) is 10.9 Å². The van der Waals surface area contributed by atoms with Crippen LogP contribution >= 0.6 is 11.6 Å². The Morgan fingerprint density at radius 1 is 1.24 bits per heavy atom. The highest BCUT2D eigenvalue weighted by atomic mass is 35.5. The van der Waals surface area contributed by atoms with E-state index >= 15 is 0 Å². The molecule has 1 atom stereocenters. The molecule has 0 aliphatic rings. The van der Waals surface area contributed by atoms with Crippen molar-refractivity contribution in [1.82, 2.24) is 9.55 Å². The molecule has 0 fully saturated rings. The Morgan fingerprint density at radius 3 is 2.68 bits per heavy atom. The van der Waals surface area contributed by atoms with Gasteiger partial charge in [-0.25, -0.2) is 13.8 Å². The molecule has 0 unspecified atom stereocenters. The Balaban J connectivity index is 1.97. The molecular formula is C17H13ClFN3O3. The second-order valence-corrected chi connectivity index (χ2v) is 5.85. The summed E-state index contributed by atoms with van der Waals surface area (Å²) in [5.74, 6) is -1.22. The number of fused-ring (bicyclic) bond motifs is 1. The van der Waals surface area contributed by atoms with Gasteiger partial charge in [0.05, 0.1) is 15.9 Å². The number of rotatable bonds is 3. The van der Waals surface area contributed by atoms with Crippen molar-refractivity contribution in [3.05, 3.63) is 74.1 Å². The van der Waals surface area contributed by atoms with Crippen LogP contribution in [0.15, 0.2) is 52.1 Å². The molecule has 1 aromatic heterocycles. The molecule has 0 radical (unpaired) electrons. The van der Waals surface area contributed by atoms with Crippen molar-refractivity contribution in [3.8, 4) is 0 Å². The highest BCUT2D eigenvalue weighted by Gasteiger charge is 2.20. The molecule has 0 aliphatic heterocycles. The summed E-state index contributed by atoms with van der Waals surface area (Å²) < 4.78 is 14.0. The summed E-state index contributed by atoms with van der Waals surface area (Å²) in [6.07, 6.45) is 0. The Hall–Kier alpha value is -2.93. The highest BCUT2D eigenvalue weighted by Crippen LogP contribution is 2.20. The summed E-state index contributed by atoms with van der Waals surface area (Å²) in [4.78, 5) is 39.7. The SMILES string of the molecule is C[C@H](C(=O)Nc1ccc(F)c(Cl)c1)n1c(=O)[nH]c2ccccc2c1=O. The molecule has 25 heavy (non-hydrogen) atoms. The van der Waals surface area contributed by atoms with Crippen LogP contribution in [-0.4, -0.2) is 15.5 Å². The second-order valence-electron chi connectivity index (χ2n) is 5.45. The van der Waals surface area contributed by atoms with Crippen LogP contribution in [0.1, 0.15) is 13.0 Å². The highest BCUT2D eigenvalue weighted by molar-refractivity contribution is 6.31. The lowest BCUT2D eigenvalue weighted by Crippen LogP contribution is -2.41. The Bertz CT molecular complexity index is 1090. The lowest BCUT2D eigenvalue weighted by molar-refractivity contribution is -0.119. The quantitative estimate of drug-likeness (QED) is 0.752. The molecule has 6 nitrogen and oxygen atoms in total. The summed E-state index contributed by atoms with van der Waals surface area (Å²) in [7, 11) is 0. The second kappa shape index (κ2) is 6.52. The molecular weight excluding hydrogens is 349 g/mol. The monoisotopic (exact) mass is 361 g/mol. The first-order valence-electron chi connectivity index (χ1n) is 7.38. The van der Waals surface area contributed by atoms with Crippen molar-refractivity contribution in [1.29, 1.82) is 0 Å². The zero-order valence-corrected chi connectivity index (χ0v) is 13.8. The molecule has 0 aliphatic carbocycles. The molecule has 0 bridgehead atoms. The zero-order chi connectivity index (χ0) is 18.1. The Labute approximate surface area is 145 Å². The maximum Gasteiger partial charge on any atom is 0.329 e. The van der Waals surface area contributed by atoms with E-state index in [0.717, 1.165) is 10.6 Å². The fraction of sp³-hybridized carbons (Fsp3) is 0.118. The van der Waals surface area contributed by atoms with Crippen LogP contribution in [0, 0.1) is 5.82 Å². The number of aromatic amines is 1. The number of aromatic nitrogens is 2. The van der Waals surface area contributed by atoms with E-state index in [2.05, 4.69) is 10.3 Å². The van der Waals surface area contributed by atoms with Crippen molar-refractivity contribution in [2.75, 3.05) is 5.32 Å². The molecule has 128 valence electrons. The first-order chi connectivity index (χ1) is 11.9. The van der Waals surface area contributed by atoms with Gasteiger partial charge >= 0.3 is 5.69 Å². The molecule has 8 heteroatoms. The minimum absolute atomic E-state index is 0.147. The van der Waals surface area contributed by atoms with Gasteiger partial charge in [-0.1, -0.05) is 23.7 Å². The van der Waals surface area contributed by atoms with Gasteiger partial charge in [-0.05, 0) is 37.3 Å². The lowest BCUT2D eigenvalue weighted by atomic mass is 10.2. The smallest absolute Gasteiger partial charge is 0.324 e. The molecule has 0 spiro atoms. The number of hydrogen-bond donors (Lipinski definition) is 2. The van der Waals surface area contributed by atoms with E-state index in [9.17, 15) is 18.8 Å². The first-order valence-corrected chi connectivity index (χ1v) is 7.76. The van der Waals surface area contributed by atoms with Gasteiger partial charge < -0.3 is 10.3 Å². The van der Waals surface area contributed by atoms with Crippen LogP contribution in [0.2, 0.25) is 5.02 Å². The maximum absolute atomic E-state index is 13.2. The number of benzene rings is 2. The van der Waals surface area contributed by atoms with E-state index in [1.165, 1.54) is 19.1 Å². The molecule has 0 saturated heterocycles. The molecule has 1 heterocycles. The zero-order valence-electron chi connectivity index (χ0n) is 13.0. The lowest BCUT2D eigenvalue weighted by Gasteiger charge is -2.15. The van der Waals surface area contributed by atoms with E-state index in [4.69, 9.17) is 11.6 Å². The molecule has 1 amide bonds. The predicted octanol–water partition coefficient (Wildman–Crippen LogP) is 2.68. The average molecular weight is 362 g/mol. The third-order valence-corrected chi connectivity index (χ3v) is 4.08. The van der Waals surface area contributed by atoms with E-state index in [1.54, 1.807) is 24.3 Å². The molecule has 0 saturated carbocycles. The van der Waals surface area contributed by atoms with Crippen LogP contribution in [-0.2, 0) is 4.79 Å². The third-order valence-electron chi connectivity index (χ3n) is 3.79. The van der Waals surface area contributed by atoms with Gasteiger partial charge in [-0.2, -0.15) is 0 Å². The topological polar surface area (TPSA) is 84.0 Å². The summed E-state index contributed by atoms with van der Waals surface area (Å²) in [6.45, 7) is 1.42. The predicted molar refractivity (Wildman–Crippen MR) is 93.6 cm³/mol. The number of hydrogen-bond acceptors (Lipinski definition) is 3. The van der Waals surface area contributed by atoms with E-state index in [-0.39, 0.29) is 10.7 Å². The number of carbonyl (C=O) groups is 1. The normalized spacial score (nSPS) is 12.1. The number of carbonyl (C=O) groups excluding carboxylic acids is 1. The summed E-state index contributed by atoms with van der Waals surface area (Å²) in [6, 6.07) is 9.13. The van der Waals surface area contributed by atoms with Crippen LogP contribution in [0.5, 0.6) is 0 Å². The van der Waals surface area contributed by atoms with Crippen molar-refractivity contribution in [2.45, 2.75) is 13.0 Å². The van der Waals surface area contributed by atoms with Crippen LogP contribution in [0.3, 0.4) is 0 Å². The number of anilines is 1. The molecule has 3 aromatic rings. The molecule has 3 rings (SSSR count). The number of para-hydroxylation sites is 1. The van der Waals surface area contributed by atoms with Crippen LogP contribution in [0.25, 0.3) is 10.9 Å². The molecule has 2 N–H and O–H groups in total. The standard InChI is InChI=1S/C17H13ClFN3O3/c1-9(15(23)20-10-6-7-13(19)12(18)8-10)22-16(24)11-4-2-3-5-14(11)21-17(22)25/h2-9H,1H3,(H,20,23)(H,21,25)/t9-/m1/s1. The van der Waals surface area contributed by atoms with Gasteiger partial charge in [0.15, 0.2) is 0 Å².